The van der Waals surface area contributed by atoms with Crippen molar-refractivity contribution in [1.29, 1.82) is 0 Å². The third-order valence-corrected chi connectivity index (χ3v) is 5.82. The Kier molecular flexibility index (Phi) is 5.16. The van der Waals surface area contributed by atoms with E-state index in [2.05, 4.69) is 22.4 Å². The minimum atomic E-state index is -0.194. The van der Waals surface area contributed by atoms with E-state index < -0.39 is 0 Å². The molecule has 0 bridgehead atoms. The third kappa shape index (κ3) is 4.05. The van der Waals surface area contributed by atoms with Crippen LogP contribution in [-0.2, 0) is 4.79 Å². The number of nitrogens with one attached hydrogen (secondary N) is 1. The highest BCUT2D eigenvalue weighted by Crippen LogP contribution is 2.33. The monoisotopic (exact) mass is 366 g/mol. The highest BCUT2D eigenvalue weighted by Gasteiger charge is 2.15. The first-order valence-electron chi connectivity index (χ1n) is 9.16. The van der Waals surface area contributed by atoms with Crippen molar-refractivity contribution in [2.75, 3.05) is 11.9 Å². The number of thiazole rings is 1. The summed E-state index contributed by atoms with van der Waals surface area (Å²) in [5, 5.41) is 3.41. The molecule has 1 N–H and O–H groups in total. The normalized spacial score (nSPS) is 15.1. The minimum Gasteiger partial charge on any atom is -0.484 e. The number of benzene rings is 2. The van der Waals surface area contributed by atoms with Crippen molar-refractivity contribution in [3.05, 3.63) is 54.1 Å². The van der Waals surface area contributed by atoms with Gasteiger partial charge in [-0.1, -0.05) is 54.9 Å². The van der Waals surface area contributed by atoms with Crippen LogP contribution in [0, 0.1) is 0 Å². The lowest BCUT2D eigenvalue weighted by molar-refractivity contribution is -0.118. The maximum atomic E-state index is 12.1. The van der Waals surface area contributed by atoms with Gasteiger partial charge in [-0.2, -0.15) is 0 Å². The number of amides is 1. The van der Waals surface area contributed by atoms with Crippen molar-refractivity contribution < 1.29 is 9.53 Å². The summed E-state index contributed by atoms with van der Waals surface area (Å²) in [7, 11) is 0. The average Bonchev–Trinajstić information content (AvgIpc) is 3.09. The predicted octanol–water partition coefficient (Wildman–Crippen LogP) is 5.36. The molecule has 26 heavy (non-hydrogen) atoms. The summed E-state index contributed by atoms with van der Waals surface area (Å²) in [5.74, 6) is 1.21. The van der Waals surface area contributed by atoms with Crippen LogP contribution in [0.2, 0.25) is 0 Å². The van der Waals surface area contributed by atoms with Gasteiger partial charge in [-0.05, 0) is 48.6 Å². The van der Waals surface area contributed by atoms with Crippen LogP contribution in [-0.4, -0.2) is 17.5 Å². The molecule has 1 amide bonds. The van der Waals surface area contributed by atoms with Gasteiger partial charge in [0.05, 0.1) is 10.2 Å². The van der Waals surface area contributed by atoms with Crippen molar-refractivity contribution in [3.63, 3.8) is 0 Å². The molecule has 1 aliphatic rings. The highest BCUT2D eigenvalue weighted by molar-refractivity contribution is 7.22. The molecule has 2 aromatic carbocycles. The van der Waals surface area contributed by atoms with Crippen LogP contribution in [0.15, 0.2) is 48.5 Å². The van der Waals surface area contributed by atoms with E-state index in [1.54, 1.807) is 0 Å². The molecule has 134 valence electrons. The first kappa shape index (κ1) is 17.0. The Morgan fingerprint density at radius 3 is 2.62 bits per heavy atom. The standard InChI is InChI=1S/C21H22N2O2S/c24-20(23-21-22-18-8-4-5-9-19(18)26-21)14-25-17-12-10-16(11-13-17)15-6-2-1-3-7-15/h4-5,8-13,15H,1-3,6-7,14H2,(H,22,23,24). The summed E-state index contributed by atoms with van der Waals surface area (Å²) in [6.07, 6.45) is 6.58. The Balaban J connectivity index is 1.31. The number of anilines is 1. The van der Waals surface area contributed by atoms with E-state index >= 15 is 0 Å². The van der Waals surface area contributed by atoms with Gasteiger partial charge in [0.2, 0.25) is 0 Å². The molecule has 1 aromatic heterocycles. The third-order valence-electron chi connectivity index (χ3n) is 4.87. The molecule has 1 fully saturated rings. The molecule has 4 nitrogen and oxygen atoms in total. The van der Waals surface area contributed by atoms with Gasteiger partial charge in [0, 0.05) is 0 Å². The zero-order valence-electron chi connectivity index (χ0n) is 14.6. The van der Waals surface area contributed by atoms with Gasteiger partial charge in [-0.3, -0.25) is 10.1 Å². The lowest BCUT2D eigenvalue weighted by Crippen LogP contribution is -2.20. The molecule has 1 saturated carbocycles. The molecule has 1 aliphatic carbocycles. The quantitative estimate of drug-likeness (QED) is 0.661. The molecular formula is C21H22N2O2S. The Hall–Kier alpha value is -2.40. The summed E-state index contributed by atoms with van der Waals surface area (Å²) in [6.45, 7) is -0.0152. The molecule has 0 saturated heterocycles. The largest absolute Gasteiger partial charge is 0.484 e. The fourth-order valence-electron chi connectivity index (χ4n) is 3.50. The van der Waals surface area contributed by atoms with Crippen LogP contribution in [0.1, 0.15) is 43.6 Å². The second-order valence-corrected chi connectivity index (χ2v) is 7.76. The maximum absolute atomic E-state index is 12.1. The molecule has 5 heteroatoms. The number of fused-ring (bicyclic) bond motifs is 1. The Morgan fingerprint density at radius 1 is 1.08 bits per heavy atom. The van der Waals surface area contributed by atoms with E-state index in [4.69, 9.17) is 4.74 Å². The first-order chi connectivity index (χ1) is 12.8. The molecule has 0 spiro atoms. The van der Waals surface area contributed by atoms with Crippen LogP contribution in [0.5, 0.6) is 5.75 Å². The molecule has 4 rings (SSSR count). The average molecular weight is 366 g/mol. The zero-order chi connectivity index (χ0) is 17.8. The van der Waals surface area contributed by atoms with Crippen molar-refractivity contribution in [2.45, 2.75) is 38.0 Å². The summed E-state index contributed by atoms with van der Waals surface area (Å²) in [4.78, 5) is 16.5. The SMILES string of the molecule is O=C(COc1ccc(C2CCCCC2)cc1)Nc1nc2ccccc2s1. The second kappa shape index (κ2) is 7.87. The predicted molar refractivity (Wildman–Crippen MR) is 106 cm³/mol. The van der Waals surface area contributed by atoms with Crippen molar-refractivity contribution in [2.24, 2.45) is 0 Å². The number of ether oxygens (including phenoxy) is 1. The Bertz CT molecular complexity index is 849. The van der Waals surface area contributed by atoms with E-state index in [-0.39, 0.29) is 12.5 Å². The number of hydrogen-bond acceptors (Lipinski definition) is 4. The fourth-order valence-corrected chi connectivity index (χ4v) is 4.38. The van der Waals surface area contributed by atoms with Crippen LogP contribution in [0.4, 0.5) is 5.13 Å². The number of hydrogen-bond donors (Lipinski definition) is 1. The Morgan fingerprint density at radius 2 is 1.85 bits per heavy atom. The van der Waals surface area contributed by atoms with Crippen molar-refractivity contribution >= 4 is 32.6 Å². The van der Waals surface area contributed by atoms with Crippen molar-refractivity contribution in [1.82, 2.24) is 4.98 Å². The number of carbonyl (C=O) groups is 1. The number of rotatable bonds is 5. The van der Waals surface area contributed by atoms with E-state index in [1.807, 2.05) is 36.4 Å². The lowest BCUT2D eigenvalue weighted by Gasteiger charge is -2.22. The van der Waals surface area contributed by atoms with Crippen LogP contribution >= 0.6 is 11.3 Å². The molecule has 1 heterocycles. The number of aromatic nitrogens is 1. The molecule has 0 atom stereocenters. The summed E-state index contributed by atoms with van der Waals surface area (Å²) >= 11 is 1.47. The number of carbonyl (C=O) groups excluding carboxylic acids is 1. The van der Waals surface area contributed by atoms with Gasteiger partial charge < -0.3 is 4.74 Å². The van der Waals surface area contributed by atoms with Gasteiger partial charge >= 0.3 is 0 Å². The fraction of sp³-hybridized carbons (Fsp3) is 0.333. The van der Waals surface area contributed by atoms with E-state index in [0.717, 1.165) is 16.0 Å². The summed E-state index contributed by atoms with van der Waals surface area (Å²) < 4.78 is 6.68. The summed E-state index contributed by atoms with van der Waals surface area (Å²) in [6, 6.07) is 16.0. The van der Waals surface area contributed by atoms with E-state index in [0.29, 0.717) is 11.0 Å². The summed E-state index contributed by atoms with van der Waals surface area (Å²) in [5.41, 5.74) is 2.28. The van der Waals surface area contributed by atoms with Crippen LogP contribution < -0.4 is 10.1 Å². The number of nitrogens with zero attached hydrogens (tertiary/aromatic N) is 1. The Labute approximate surface area is 157 Å². The van der Waals surface area contributed by atoms with Crippen molar-refractivity contribution in [3.8, 4) is 5.75 Å². The highest BCUT2D eigenvalue weighted by atomic mass is 32.1. The lowest BCUT2D eigenvalue weighted by atomic mass is 9.84. The van der Waals surface area contributed by atoms with Crippen LogP contribution in [0.3, 0.4) is 0 Å². The molecule has 0 unspecified atom stereocenters. The maximum Gasteiger partial charge on any atom is 0.264 e. The minimum absolute atomic E-state index is 0.0152. The molecular weight excluding hydrogens is 344 g/mol. The molecule has 3 aromatic rings. The van der Waals surface area contributed by atoms with Gasteiger partial charge in [0.1, 0.15) is 5.75 Å². The van der Waals surface area contributed by atoms with Gasteiger partial charge in [-0.15, -0.1) is 0 Å². The number of para-hydroxylation sites is 1. The smallest absolute Gasteiger partial charge is 0.264 e. The molecule has 0 aliphatic heterocycles. The van der Waals surface area contributed by atoms with Gasteiger partial charge in [0.25, 0.3) is 5.91 Å². The van der Waals surface area contributed by atoms with E-state index in [1.165, 1.54) is 49.0 Å². The van der Waals surface area contributed by atoms with Crippen LogP contribution in [0.25, 0.3) is 10.2 Å². The van der Waals surface area contributed by atoms with Gasteiger partial charge in [-0.25, -0.2) is 4.98 Å². The zero-order valence-corrected chi connectivity index (χ0v) is 15.4. The molecule has 0 radical (unpaired) electrons. The van der Waals surface area contributed by atoms with Gasteiger partial charge in [0.15, 0.2) is 11.7 Å². The topological polar surface area (TPSA) is 51.2 Å². The second-order valence-electron chi connectivity index (χ2n) is 6.73. The van der Waals surface area contributed by atoms with E-state index in [9.17, 15) is 4.79 Å². The first-order valence-corrected chi connectivity index (χ1v) is 9.98.